The van der Waals surface area contributed by atoms with Gasteiger partial charge in [-0.3, -0.25) is 4.79 Å². The van der Waals surface area contributed by atoms with Crippen LogP contribution >= 0.6 is 0 Å². The molecule has 0 fully saturated rings. The van der Waals surface area contributed by atoms with Gasteiger partial charge in [0, 0.05) is 5.56 Å². The Morgan fingerprint density at radius 2 is 1.58 bits per heavy atom. The number of benzene rings is 2. The fourth-order valence-electron chi connectivity index (χ4n) is 2.57. The van der Waals surface area contributed by atoms with E-state index in [1.165, 1.54) is 5.56 Å². The molecule has 0 aromatic heterocycles. The first-order valence-corrected chi connectivity index (χ1v) is 8.05. The fraction of sp³-hybridized carbons (Fsp3) is 0.333. The number of rotatable bonds is 4. The van der Waals surface area contributed by atoms with Crippen molar-refractivity contribution in [2.45, 2.75) is 46.6 Å². The van der Waals surface area contributed by atoms with Crippen molar-refractivity contribution in [1.82, 2.24) is 0 Å². The molecule has 0 unspecified atom stereocenters. The van der Waals surface area contributed by atoms with E-state index in [0.29, 0.717) is 11.1 Å². The first kappa shape index (κ1) is 17.9. The first-order chi connectivity index (χ1) is 11.2. The molecule has 0 aliphatic heterocycles. The molecule has 0 saturated heterocycles. The van der Waals surface area contributed by atoms with E-state index < -0.39 is 0 Å². The standard InChI is InChI=1S/C21H24O3/c1-14-10-18(21(3,4)5)11-15(2)19(14)13-24-20(23)17-8-6-16(12-22)7-9-17/h6-12H,13H2,1-5H3. The third kappa shape index (κ3) is 4.10. The predicted molar refractivity (Wildman–Crippen MR) is 95.6 cm³/mol. The van der Waals surface area contributed by atoms with Crippen LogP contribution in [0.25, 0.3) is 0 Å². The number of ether oxygens (including phenoxy) is 1. The van der Waals surface area contributed by atoms with Crippen LogP contribution in [0.15, 0.2) is 36.4 Å². The van der Waals surface area contributed by atoms with E-state index in [1.54, 1.807) is 24.3 Å². The molecule has 3 nitrogen and oxygen atoms in total. The minimum Gasteiger partial charge on any atom is -0.457 e. The van der Waals surface area contributed by atoms with Crippen LogP contribution < -0.4 is 0 Å². The van der Waals surface area contributed by atoms with Gasteiger partial charge < -0.3 is 4.74 Å². The molecule has 126 valence electrons. The Hall–Kier alpha value is -2.42. The van der Waals surface area contributed by atoms with Gasteiger partial charge in [0.05, 0.1) is 5.56 Å². The number of aldehydes is 1. The first-order valence-electron chi connectivity index (χ1n) is 8.05. The Morgan fingerprint density at radius 3 is 2.04 bits per heavy atom. The van der Waals surface area contributed by atoms with Crippen molar-refractivity contribution >= 4 is 12.3 Å². The lowest BCUT2D eigenvalue weighted by molar-refractivity contribution is 0.0471. The molecule has 0 aliphatic rings. The lowest BCUT2D eigenvalue weighted by atomic mass is 9.84. The summed E-state index contributed by atoms with van der Waals surface area (Å²) in [4.78, 5) is 22.8. The van der Waals surface area contributed by atoms with Crippen LogP contribution in [0.1, 0.15) is 63.7 Å². The molecule has 3 heteroatoms. The highest BCUT2D eigenvalue weighted by Gasteiger charge is 2.17. The van der Waals surface area contributed by atoms with Crippen LogP contribution in [0.3, 0.4) is 0 Å². The molecular formula is C21H24O3. The number of esters is 1. The Labute approximate surface area is 143 Å². The van der Waals surface area contributed by atoms with Crippen molar-refractivity contribution in [3.8, 4) is 0 Å². The quantitative estimate of drug-likeness (QED) is 0.601. The summed E-state index contributed by atoms with van der Waals surface area (Å²) in [5, 5.41) is 0. The molecule has 0 aliphatic carbocycles. The highest BCUT2D eigenvalue weighted by molar-refractivity contribution is 5.90. The topological polar surface area (TPSA) is 43.4 Å². The molecule has 0 atom stereocenters. The SMILES string of the molecule is Cc1cc(C(C)(C)C)cc(C)c1COC(=O)c1ccc(C=O)cc1. The van der Waals surface area contributed by atoms with Crippen molar-refractivity contribution in [2.24, 2.45) is 0 Å². The van der Waals surface area contributed by atoms with Crippen molar-refractivity contribution in [3.63, 3.8) is 0 Å². The van der Waals surface area contributed by atoms with Crippen LogP contribution in [0.4, 0.5) is 0 Å². The summed E-state index contributed by atoms with van der Waals surface area (Å²) in [6, 6.07) is 10.8. The second-order valence-electron chi connectivity index (χ2n) is 7.15. The highest BCUT2D eigenvalue weighted by atomic mass is 16.5. The minimum absolute atomic E-state index is 0.0883. The number of hydrogen-bond acceptors (Lipinski definition) is 3. The summed E-state index contributed by atoms with van der Waals surface area (Å²) in [6.45, 7) is 10.9. The number of aryl methyl sites for hydroxylation is 2. The molecule has 0 bridgehead atoms. The van der Waals surface area contributed by atoms with E-state index in [2.05, 4.69) is 32.9 Å². The molecule has 0 saturated carbocycles. The maximum atomic E-state index is 12.2. The lowest BCUT2D eigenvalue weighted by Crippen LogP contribution is -2.13. The molecule has 0 N–H and O–H groups in total. The van der Waals surface area contributed by atoms with E-state index in [-0.39, 0.29) is 18.0 Å². The molecule has 0 heterocycles. The summed E-state index contributed by atoms with van der Waals surface area (Å²) in [5.74, 6) is -0.383. The van der Waals surface area contributed by atoms with Gasteiger partial charge in [-0.15, -0.1) is 0 Å². The van der Waals surface area contributed by atoms with Gasteiger partial charge in [0.25, 0.3) is 0 Å². The number of carbonyl (C=O) groups is 2. The third-order valence-corrected chi connectivity index (χ3v) is 4.19. The van der Waals surface area contributed by atoms with Crippen LogP contribution in [0.5, 0.6) is 0 Å². The van der Waals surface area contributed by atoms with Gasteiger partial charge in [-0.2, -0.15) is 0 Å². The maximum absolute atomic E-state index is 12.2. The fourth-order valence-corrected chi connectivity index (χ4v) is 2.57. The second-order valence-corrected chi connectivity index (χ2v) is 7.15. The Morgan fingerprint density at radius 1 is 1.04 bits per heavy atom. The summed E-state index contributed by atoms with van der Waals surface area (Å²) in [6.07, 6.45) is 0.749. The minimum atomic E-state index is -0.383. The van der Waals surface area contributed by atoms with Crippen LogP contribution in [0.2, 0.25) is 0 Å². The molecule has 0 spiro atoms. The largest absolute Gasteiger partial charge is 0.457 e. The summed E-state index contributed by atoms with van der Waals surface area (Å²) < 4.78 is 5.45. The van der Waals surface area contributed by atoms with E-state index in [9.17, 15) is 9.59 Å². The zero-order chi connectivity index (χ0) is 17.9. The Balaban J connectivity index is 2.13. The van der Waals surface area contributed by atoms with Crippen molar-refractivity contribution in [2.75, 3.05) is 0 Å². The zero-order valence-corrected chi connectivity index (χ0v) is 15.0. The van der Waals surface area contributed by atoms with Gasteiger partial charge in [0.15, 0.2) is 0 Å². The predicted octanol–water partition coefficient (Wildman–Crippen LogP) is 4.77. The van der Waals surface area contributed by atoms with E-state index >= 15 is 0 Å². The molecule has 0 radical (unpaired) electrons. The second kappa shape index (κ2) is 7.00. The zero-order valence-electron chi connectivity index (χ0n) is 15.0. The maximum Gasteiger partial charge on any atom is 0.338 e. The van der Waals surface area contributed by atoms with Gasteiger partial charge in [-0.05, 0) is 53.6 Å². The van der Waals surface area contributed by atoms with Crippen molar-refractivity contribution in [3.05, 3.63) is 69.8 Å². The van der Waals surface area contributed by atoms with Crippen molar-refractivity contribution < 1.29 is 14.3 Å². The van der Waals surface area contributed by atoms with Gasteiger partial charge >= 0.3 is 5.97 Å². The average molecular weight is 324 g/mol. The molecule has 0 amide bonds. The summed E-state index contributed by atoms with van der Waals surface area (Å²) in [7, 11) is 0. The van der Waals surface area contributed by atoms with E-state index in [0.717, 1.165) is 23.0 Å². The molecule has 2 rings (SSSR count). The molecule has 24 heavy (non-hydrogen) atoms. The number of carbonyl (C=O) groups excluding carboxylic acids is 2. The van der Waals surface area contributed by atoms with Crippen LogP contribution in [0, 0.1) is 13.8 Å². The monoisotopic (exact) mass is 324 g/mol. The average Bonchev–Trinajstić information content (AvgIpc) is 2.53. The van der Waals surface area contributed by atoms with Gasteiger partial charge in [0.1, 0.15) is 12.9 Å². The smallest absolute Gasteiger partial charge is 0.338 e. The third-order valence-electron chi connectivity index (χ3n) is 4.19. The molecule has 2 aromatic carbocycles. The number of hydrogen-bond donors (Lipinski definition) is 0. The normalized spacial score (nSPS) is 11.2. The Kier molecular flexibility index (Phi) is 5.23. The van der Waals surface area contributed by atoms with Gasteiger partial charge in [-0.25, -0.2) is 4.79 Å². The molecule has 2 aromatic rings. The highest BCUT2D eigenvalue weighted by Crippen LogP contribution is 2.27. The summed E-state index contributed by atoms with van der Waals surface area (Å²) >= 11 is 0. The van der Waals surface area contributed by atoms with Gasteiger partial charge in [-0.1, -0.05) is 45.0 Å². The van der Waals surface area contributed by atoms with Crippen molar-refractivity contribution in [1.29, 1.82) is 0 Å². The van der Waals surface area contributed by atoms with Crippen LogP contribution in [-0.2, 0) is 16.8 Å². The van der Waals surface area contributed by atoms with E-state index in [1.807, 2.05) is 13.8 Å². The molecular weight excluding hydrogens is 300 g/mol. The van der Waals surface area contributed by atoms with Gasteiger partial charge in [0.2, 0.25) is 0 Å². The lowest BCUT2D eigenvalue weighted by Gasteiger charge is -2.22. The van der Waals surface area contributed by atoms with E-state index in [4.69, 9.17) is 4.74 Å². The van der Waals surface area contributed by atoms with Crippen LogP contribution in [-0.4, -0.2) is 12.3 Å². The Bertz CT molecular complexity index is 727. The summed E-state index contributed by atoms with van der Waals surface area (Å²) in [5.41, 5.74) is 5.65.